The van der Waals surface area contributed by atoms with Crippen LogP contribution in [0, 0.1) is 25.2 Å². The van der Waals surface area contributed by atoms with E-state index in [-0.39, 0.29) is 30.8 Å². The van der Waals surface area contributed by atoms with Crippen LogP contribution < -0.4 is 14.8 Å². The van der Waals surface area contributed by atoms with Crippen LogP contribution >= 0.6 is 0 Å². The molecular weight excluding hydrogens is 380 g/mol. The fraction of sp³-hybridized carbons (Fsp3) is 0.333. The normalized spacial score (nSPS) is 15.6. The van der Waals surface area contributed by atoms with E-state index >= 15 is 0 Å². The van der Waals surface area contributed by atoms with Crippen LogP contribution in [0.2, 0.25) is 0 Å². The summed E-state index contributed by atoms with van der Waals surface area (Å²) in [7, 11) is 1.55. The number of nitrogens with one attached hydrogen (secondary N) is 1. The molecule has 1 heterocycles. The summed E-state index contributed by atoms with van der Waals surface area (Å²) in [4.78, 5) is 26.7. The minimum Gasteiger partial charge on any atom is -0.493 e. The second-order valence-corrected chi connectivity index (χ2v) is 7.36. The fourth-order valence-corrected chi connectivity index (χ4v) is 3.41. The highest BCUT2D eigenvalue weighted by molar-refractivity contribution is 5.89. The van der Waals surface area contributed by atoms with Gasteiger partial charge in [-0.2, -0.15) is 0 Å². The van der Waals surface area contributed by atoms with Crippen molar-refractivity contribution in [3.63, 3.8) is 0 Å². The molecule has 1 saturated heterocycles. The van der Waals surface area contributed by atoms with Gasteiger partial charge in [0.1, 0.15) is 6.61 Å². The van der Waals surface area contributed by atoms with Crippen LogP contribution in [-0.2, 0) is 22.7 Å². The molecule has 0 aliphatic carbocycles. The molecule has 6 heteroatoms. The molecule has 6 nitrogen and oxygen atoms in total. The van der Waals surface area contributed by atoms with Crippen molar-refractivity contribution in [2.24, 2.45) is 5.92 Å². The molecule has 0 bridgehead atoms. The standard InChI is InChI=1S/C24H26N2O4/c1-4-11-30-22-12-19(9-10-21(22)29-3)14-25-24(28)20-13-23(27)26(16-20)15-18-7-5-17(2)6-8-18/h1,5-10,12,20H,11,13-16H2,2-3H3,(H,25,28). The van der Waals surface area contributed by atoms with Gasteiger partial charge in [0.15, 0.2) is 11.5 Å². The molecule has 2 aromatic rings. The Morgan fingerprint density at radius 1 is 1.20 bits per heavy atom. The number of likely N-dealkylation sites (tertiary alicyclic amines) is 1. The largest absolute Gasteiger partial charge is 0.493 e. The van der Waals surface area contributed by atoms with E-state index in [1.807, 2.05) is 37.3 Å². The quantitative estimate of drug-likeness (QED) is 0.685. The monoisotopic (exact) mass is 406 g/mol. The van der Waals surface area contributed by atoms with Gasteiger partial charge in [-0.15, -0.1) is 6.42 Å². The molecule has 1 atom stereocenters. The third-order valence-corrected chi connectivity index (χ3v) is 5.09. The predicted molar refractivity (Wildman–Crippen MR) is 114 cm³/mol. The van der Waals surface area contributed by atoms with Gasteiger partial charge in [0.05, 0.1) is 13.0 Å². The second-order valence-electron chi connectivity index (χ2n) is 7.36. The minimum absolute atomic E-state index is 0.00476. The zero-order valence-electron chi connectivity index (χ0n) is 17.3. The Bertz CT molecular complexity index is 947. The van der Waals surface area contributed by atoms with Crippen molar-refractivity contribution in [3.8, 4) is 23.8 Å². The highest BCUT2D eigenvalue weighted by Gasteiger charge is 2.34. The number of carbonyl (C=O) groups excluding carboxylic acids is 2. The third kappa shape index (κ3) is 5.32. The number of aryl methyl sites for hydroxylation is 1. The molecule has 0 radical (unpaired) electrons. The minimum atomic E-state index is -0.349. The fourth-order valence-electron chi connectivity index (χ4n) is 3.41. The molecule has 0 spiro atoms. The van der Waals surface area contributed by atoms with Crippen LogP contribution in [0.1, 0.15) is 23.1 Å². The van der Waals surface area contributed by atoms with Gasteiger partial charge in [0, 0.05) is 26.1 Å². The Labute approximate surface area is 177 Å². The lowest BCUT2D eigenvalue weighted by Crippen LogP contribution is -2.32. The summed E-state index contributed by atoms with van der Waals surface area (Å²) in [5.74, 6) is 3.05. The lowest BCUT2D eigenvalue weighted by molar-refractivity contribution is -0.129. The molecule has 2 amide bonds. The average Bonchev–Trinajstić information content (AvgIpc) is 3.12. The lowest BCUT2D eigenvalue weighted by Gasteiger charge is -2.17. The number of amides is 2. The van der Waals surface area contributed by atoms with Gasteiger partial charge < -0.3 is 19.7 Å². The van der Waals surface area contributed by atoms with Crippen molar-refractivity contribution in [3.05, 3.63) is 59.2 Å². The zero-order chi connectivity index (χ0) is 21.5. The summed E-state index contributed by atoms with van der Waals surface area (Å²) in [5, 5.41) is 2.92. The Morgan fingerprint density at radius 3 is 2.63 bits per heavy atom. The molecule has 30 heavy (non-hydrogen) atoms. The van der Waals surface area contributed by atoms with Crippen LogP contribution in [-0.4, -0.2) is 37.0 Å². The van der Waals surface area contributed by atoms with E-state index in [0.717, 1.165) is 11.1 Å². The molecule has 156 valence electrons. The van der Waals surface area contributed by atoms with Gasteiger partial charge in [-0.25, -0.2) is 0 Å². The summed E-state index contributed by atoms with van der Waals surface area (Å²) in [6, 6.07) is 13.5. The van der Waals surface area contributed by atoms with Gasteiger partial charge in [0.2, 0.25) is 11.8 Å². The number of hydrogen-bond acceptors (Lipinski definition) is 4. The van der Waals surface area contributed by atoms with Crippen molar-refractivity contribution >= 4 is 11.8 Å². The first kappa shape index (κ1) is 21.3. The smallest absolute Gasteiger partial charge is 0.225 e. The topological polar surface area (TPSA) is 67.9 Å². The molecule has 1 N–H and O–H groups in total. The maximum Gasteiger partial charge on any atom is 0.225 e. The van der Waals surface area contributed by atoms with Crippen molar-refractivity contribution < 1.29 is 19.1 Å². The van der Waals surface area contributed by atoms with Gasteiger partial charge >= 0.3 is 0 Å². The third-order valence-electron chi connectivity index (χ3n) is 5.09. The number of carbonyl (C=O) groups is 2. The van der Waals surface area contributed by atoms with Crippen LogP contribution in [0.3, 0.4) is 0 Å². The molecule has 1 fully saturated rings. The van der Waals surface area contributed by atoms with Crippen LogP contribution in [0.5, 0.6) is 11.5 Å². The summed E-state index contributed by atoms with van der Waals surface area (Å²) in [6.45, 7) is 3.44. The Balaban J connectivity index is 1.55. The van der Waals surface area contributed by atoms with Crippen molar-refractivity contribution in [2.45, 2.75) is 26.4 Å². The summed E-state index contributed by atoms with van der Waals surface area (Å²) >= 11 is 0. The maximum atomic E-state index is 12.6. The molecule has 2 aromatic carbocycles. The molecule has 0 saturated carbocycles. The van der Waals surface area contributed by atoms with E-state index in [1.54, 1.807) is 24.1 Å². The Hall–Kier alpha value is -3.46. The van der Waals surface area contributed by atoms with Gasteiger partial charge in [-0.05, 0) is 30.2 Å². The van der Waals surface area contributed by atoms with Crippen molar-refractivity contribution in [1.29, 1.82) is 0 Å². The summed E-state index contributed by atoms with van der Waals surface area (Å²) < 4.78 is 10.8. The number of benzene rings is 2. The zero-order valence-corrected chi connectivity index (χ0v) is 17.3. The SMILES string of the molecule is C#CCOc1cc(CNC(=O)C2CC(=O)N(Cc3ccc(C)cc3)C2)ccc1OC. The van der Waals surface area contributed by atoms with Crippen LogP contribution in [0.25, 0.3) is 0 Å². The molecule has 3 rings (SSSR count). The number of rotatable bonds is 8. The predicted octanol–water partition coefficient (Wildman–Crippen LogP) is 2.68. The van der Waals surface area contributed by atoms with Crippen LogP contribution in [0.15, 0.2) is 42.5 Å². The summed E-state index contributed by atoms with van der Waals surface area (Å²) in [5.41, 5.74) is 3.10. The van der Waals surface area contributed by atoms with Gasteiger partial charge in [0.25, 0.3) is 0 Å². The summed E-state index contributed by atoms with van der Waals surface area (Å²) in [6.07, 6.45) is 5.48. The molecular formula is C24H26N2O4. The number of terminal acetylenes is 1. The van der Waals surface area contributed by atoms with Crippen molar-refractivity contribution in [2.75, 3.05) is 20.3 Å². The van der Waals surface area contributed by atoms with E-state index in [2.05, 4.69) is 11.2 Å². The van der Waals surface area contributed by atoms with E-state index in [9.17, 15) is 9.59 Å². The Morgan fingerprint density at radius 2 is 1.93 bits per heavy atom. The Kier molecular flexibility index (Phi) is 6.97. The first-order chi connectivity index (χ1) is 14.5. The first-order valence-corrected chi connectivity index (χ1v) is 9.84. The van der Waals surface area contributed by atoms with Crippen LogP contribution in [0.4, 0.5) is 0 Å². The molecule has 0 aromatic heterocycles. The number of hydrogen-bond donors (Lipinski definition) is 1. The lowest BCUT2D eigenvalue weighted by atomic mass is 10.1. The molecule has 1 aliphatic rings. The maximum absolute atomic E-state index is 12.6. The highest BCUT2D eigenvalue weighted by atomic mass is 16.5. The van der Waals surface area contributed by atoms with E-state index in [4.69, 9.17) is 15.9 Å². The first-order valence-electron chi connectivity index (χ1n) is 9.84. The molecule has 1 aliphatic heterocycles. The van der Waals surface area contributed by atoms with Gasteiger partial charge in [-0.3, -0.25) is 9.59 Å². The van der Waals surface area contributed by atoms with E-state index in [1.165, 1.54) is 5.56 Å². The van der Waals surface area contributed by atoms with Gasteiger partial charge in [-0.1, -0.05) is 41.8 Å². The number of methoxy groups -OCH3 is 1. The highest BCUT2D eigenvalue weighted by Crippen LogP contribution is 2.28. The number of ether oxygens (including phenoxy) is 2. The van der Waals surface area contributed by atoms with Crippen molar-refractivity contribution in [1.82, 2.24) is 10.2 Å². The second kappa shape index (κ2) is 9.84. The number of nitrogens with zero attached hydrogens (tertiary/aromatic N) is 1. The van der Waals surface area contributed by atoms with E-state index < -0.39 is 0 Å². The average molecular weight is 406 g/mol. The van der Waals surface area contributed by atoms with E-state index in [0.29, 0.717) is 31.1 Å². The molecule has 1 unspecified atom stereocenters.